The van der Waals surface area contributed by atoms with Crippen LogP contribution in [0.15, 0.2) is 48.5 Å². The maximum absolute atomic E-state index is 5.77. The van der Waals surface area contributed by atoms with Gasteiger partial charge in [-0.3, -0.25) is 0 Å². The third-order valence-corrected chi connectivity index (χ3v) is 2.37. The second-order valence-corrected chi connectivity index (χ2v) is 3.82. The summed E-state index contributed by atoms with van der Waals surface area (Å²) in [6.45, 7) is 1.01. The number of halogens is 1. The summed E-state index contributed by atoms with van der Waals surface area (Å²) in [5.74, 6) is 1.61. The highest BCUT2D eigenvalue weighted by Gasteiger charge is 1.95. The first-order valence-electron chi connectivity index (χ1n) is 5.32. The van der Waals surface area contributed by atoms with Crippen molar-refractivity contribution in [1.29, 1.82) is 0 Å². The van der Waals surface area contributed by atoms with Gasteiger partial charge in [0.25, 0.3) is 0 Å². The van der Waals surface area contributed by atoms with Crippen molar-refractivity contribution in [1.82, 2.24) is 0 Å². The Morgan fingerprint density at radius 1 is 0.824 bits per heavy atom. The lowest BCUT2D eigenvalue weighted by atomic mass is 10.3. The number of hydrogen-bond donors (Lipinski definition) is 0. The average Bonchev–Trinajstić information content (AvgIpc) is 2.38. The van der Waals surface area contributed by atoms with E-state index >= 15 is 0 Å². The normalized spacial score (nSPS) is 9.94. The van der Waals surface area contributed by atoms with E-state index in [2.05, 4.69) is 6.07 Å². The van der Waals surface area contributed by atoms with Gasteiger partial charge in [0.1, 0.15) is 24.7 Å². The summed E-state index contributed by atoms with van der Waals surface area (Å²) in [4.78, 5) is 0. The molecule has 3 heteroatoms. The second kappa shape index (κ2) is 6.16. The third-order valence-electron chi connectivity index (χ3n) is 2.12. The molecule has 0 atom stereocenters. The molecule has 0 aliphatic carbocycles. The van der Waals surface area contributed by atoms with E-state index in [1.54, 1.807) is 12.1 Å². The zero-order chi connectivity index (χ0) is 11.9. The fraction of sp³-hybridized carbons (Fsp3) is 0.143. The summed E-state index contributed by atoms with van der Waals surface area (Å²) in [5, 5.41) is 0.703. The van der Waals surface area contributed by atoms with Crippen molar-refractivity contribution in [2.45, 2.75) is 0 Å². The van der Waals surface area contributed by atoms with Crippen LogP contribution in [0.25, 0.3) is 0 Å². The van der Waals surface area contributed by atoms with Crippen LogP contribution in [0.2, 0.25) is 5.02 Å². The van der Waals surface area contributed by atoms with Crippen LogP contribution in [-0.4, -0.2) is 13.2 Å². The summed E-state index contributed by atoms with van der Waals surface area (Å²) >= 11 is 5.77. The summed E-state index contributed by atoms with van der Waals surface area (Å²) in [6.07, 6.45) is 0. The molecule has 0 heterocycles. The first-order valence-corrected chi connectivity index (χ1v) is 5.70. The molecular weight excluding hydrogens is 236 g/mol. The van der Waals surface area contributed by atoms with Crippen LogP contribution in [-0.2, 0) is 0 Å². The lowest BCUT2D eigenvalue weighted by Crippen LogP contribution is -2.08. The van der Waals surface area contributed by atoms with E-state index in [4.69, 9.17) is 21.1 Å². The Labute approximate surface area is 106 Å². The lowest BCUT2D eigenvalue weighted by Gasteiger charge is -2.08. The molecule has 0 saturated carbocycles. The monoisotopic (exact) mass is 247 g/mol. The number of benzene rings is 2. The van der Waals surface area contributed by atoms with Gasteiger partial charge in [0.15, 0.2) is 0 Å². The van der Waals surface area contributed by atoms with E-state index in [0.29, 0.717) is 18.2 Å². The van der Waals surface area contributed by atoms with Crippen LogP contribution in [0, 0.1) is 6.07 Å². The average molecular weight is 248 g/mol. The first-order chi connectivity index (χ1) is 8.34. The van der Waals surface area contributed by atoms with Crippen molar-refractivity contribution in [3.05, 3.63) is 59.6 Å². The second-order valence-electron chi connectivity index (χ2n) is 3.39. The SMILES string of the molecule is Clc1ccc(OCCOc2cc[c]cc2)cc1. The summed E-state index contributed by atoms with van der Waals surface area (Å²) in [5.41, 5.74) is 0. The van der Waals surface area contributed by atoms with Crippen LogP contribution >= 0.6 is 11.6 Å². The van der Waals surface area contributed by atoms with Crippen molar-refractivity contribution < 1.29 is 9.47 Å². The van der Waals surface area contributed by atoms with Gasteiger partial charge in [0.2, 0.25) is 0 Å². The van der Waals surface area contributed by atoms with E-state index in [9.17, 15) is 0 Å². The van der Waals surface area contributed by atoms with Gasteiger partial charge >= 0.3 is 0 Å². The van der Waals surface area contributed by atoms with Crippen molar-refractivity contribution in [3.8, 4) is 11.5 Å². The highest BCUT2D eigenvalue weighted by atomic mass is 35.5. The minimum atomic E-state index is 0.500. The molecule has 0 saturated heterocycles. The summed E-state index contributed by atoms with van der Waals surface area (Å²) < 4.78 is 11.0. The van der Waals surface area contributed by atoms with Gasteiger partial charge in [-0.1, -0.05) is 23.7 Å². The molecule has 0 N–H and O–H groups in total. The molecule has 2 nitrogen and oxygen atoms in total. The minimum absolute atomic E-state index is 0.500. The molecule has 2 rings (SSSR count). The van der Waals surface area contributed by atoms with Crippen LogP contribution in [0.1, 0.15) is 0 Å². The van der Waals surface area contributed by atoms with Gasteiger partial charge in [0.05, 0.1) is 0 Å². The minimum Gasteiger partial charge on any atom is -0.490 e. The maximum atomic E-state index is 5.77. The standard InChI is InChI=1S/C14H12ClO2/c15-12-6-8-14(9-7-12)17-11-10-16-13-4-2-1-3-5-13/h2-9H,10-11H2. The summed E-state index contributed by atoms with van der Waals surface area (Å²) in [6, 6.07) is 17.5. The maximum Gasteiger partial charge on any atom is 0.122 e. The van der Waals surface area contributed by atoms with E-state index in [-0.39, 0.29) is 0 Å². The lowest BCUT2D eigenvalue weighted by molar-refractivity contribution is 0.217. The quantitative estimate of drug-likeness (QED) is 0.752. The molecule has 0 aliphatic rings. The van der Waals surface area contributed by atoms with Gasteiger partial charge < -0.3 is 9.47 Å². The molecule has 1 radical (unpaired) electrons. The largest absolute Gasteiger partial charge is 0.490 e. The number of rotatable bonds is 5. The molecule has 87 valence electrons. The Morgan fingerprint density at radius 2 is 1.35 bits per heavy atom. The van der Waals surface area contributed by atoms with Crippen molar-refractivity contribution in [3.63, 3.8) is 0 Å². The number of hydrogen-bond acceptors (Lipinski definition) is 2. The Balaban J connectivity index is 1.71. The molecule has 0 amide bonds. The fourth-order valence-corrected chi connectivity index (χ4v) is 1.44. The van der Waals surface area contributed by atoms with E-state index < -0.39 is 0 Å². The van der Waals surface area contributed by atoms with E-state index in [1.807, 2.05) is 36.4 Å². The van der Waals surface area contributed by atoms with Crippen molar-refractivity contribution in [2.24, 2.45) is 0 Å². The van der Waals surface area contributed by atoms with Crippen molar-refractivity contribution >= 4 is 11.6 Å². The highest BCUT2D eigenvalue weighted by Crippen LogP contribution is 2.15. The zero-order valence-electron chi connectivity index (χ0n) is 9.23. The molecule has 2 aromatic rings. The predicted octanol–water partition coefficient (Wildman–Crippen LogP) is 3.60. The predicted molar refractivity (Wildman–Crippen MR) is 67.7 cm³/mol. The molecule has 0 aliphatic heterocycles. The van der Waals surface area contributed by atoms with Crippen LogP contribution < -0.4 is 9.47 Å². The van der Waals surface area contributed by atoms with Gasteiger partial charge in [-0.25, -0.2) is 0 Å². The van der Waals surface area contributed by atoms with Crippen LogP contribution in [0.4, 0.5) is 0 Å². The van der Waals surface area contributed by atoms with E-state index in [0.717, 1.165) is 11.5 Å². The Hall–Kier alpha value is -1.67. The molecule has 0 unspecified atom stereocenters. The third kappa shape index (κ3) is 4.00. The van der Waals surface area contributed by atoms with Crippen molar-refractivity contribution in [2.75, 3.05) is 13.2 Å². The van der Waals surface area contributed by atoms with Crippen LogP contribution in [0.3, 0.4) is 0 Å². The van der Waals surface area contributed by atoms with Crippen LogP contribution in [0.5, 0.6) is 11.5 Å². The van der Waals surface area contributed by atoms with Gasteiger partial charge in [0, 0.05) is 5.02 Å². The summed E-state index contributed by atoms with van der Waals surface area (Å²) in [7, 11) is 0. The number of ether oxygens (including phenoxy) is 2. The Kier molecular flexibility index (Phi) is 4.28. The topological polar surface area (TPSA) is 18.5 Å². The molecular formula is C14H12ClO2. The fourth-order valence-electron chi connectivity index (χ4n) is 1.32. The van der Waals surface area contributed by atoms with Gasteiger partial charge in [-0.15, -0.1) is 0 Å². The molecule has 0 fully saturated rings. The Morgan fingerprint density at radius 3 is 1.94 bits per heavy atom. The molecule has 17 heavy (non-hydrogen) atoms. The van der Waals surface area contributed by atoms with Gasteiger partial charge in [-0.05, 0) is 42.5 Å². The highest BCUT2D eigenvalue weighted by molar-refractivity contribution is 6.30. The molecule has 2 aromatic carbocycles. The zero-order valence-corrected chi connectivity index (χ0v) is 9.98. The molecule has 0 bridgehead atoms. The molecule has 0 aromatic heterocycles. The first kappa shape index (κ1) is 11.8. The Bertz CT molecular complexity index is 440. The van der Waals surface area contributed by atoms with Gasteiger partial charge in [-0.2, -0.15) is 0 Å². The smallest absolute Gasteiger partial charge is 0.122 e. The van der Waals surface area contributed by atoms with E-state index in [1.165, 1.54) is 0 Å². The molecule has 0 spiro atoms.